The van der Waals surface area contributed by atoms with Gasteiger partial charge in [-0.15, -0.1) is 0 Å². The normalized spacial score (nSPS) is 10.1. The third kappa shape index (κ3) is 2.69. The molecule has 98 valence electrons. The van der Waals surface area contributed by atoms with Gasteiger partial charge in [-0.3, -0.25) is 10.6 Å². The van der Waals surface area contributed by atoms with Crippen LogP contribution in [0.1, 0.15) is 10.4 Å². The first kappa shape index (κ1) is 13.0. The largest absolute Gasteiger partial charge is 0.323 e. The van der Waals surface area contributed by atoms with Crippen molar-refractivity contribution in [2.75, 3.05) is 10.7 Å². The van der Waals surface area contributed by atoms with Gasteiger partial charge in [-0.05, 0) is 24.3 Å². The average Bonchev–Trinajstić information content (AvgIpc) is 2.43. The number of nitrogens with one attached hydrogen (secondary N) is 2. The number of rotatable bonds is 3. The number of amides is 1. The number of hydrazine groups is 1. The molecule has 4 nitrogen and oxygen atoms in total. The highest BCUT2D eigenvalue weighted by molar-refractivity contribution is 6.08. The van der Waals surface area contributed by atoms with Crippen LogP contribution < -0.4 is 16.6 Å². The van der Waals surface area contributed by atoms with Gasteiger partial charge in [0.2, 0.25) is 0 Å². The van der Waals surface area contributed by atoms with Crippen LogP contribution >= 0.6 is 0 Å². The van der Waals surface area contributed by atoms with Gasteiger partial charge in [0.1, 0.15) is 0 Å². The molecule has 0 aliphatic rings. The van der Waals surface area contributed by atoms with Crippen LogP contribution in [0.2, 0.25) is 0 Å². The van der Waals surface area contributed by atoms with Gasteiger partial charge >= 0.3 is 0 Å². The molecule has 2 rings (SSSR count). The van der Waals surface area contributed by atoms with Crippen LogP contribution in [-0.2, 0) is 0 Å². The van der Waals surface area contributed by atoms with Crippen LogP contribution in [0.25, 0.3) is 0 Å². The molecule has 0 aliphatic carbocycles. The molecule has 0 bridgehead atoms. The third-order valence-corrected chi connectivity index (χ3v) is 2.53. The summed E-state index contributed by atoms with van der Waals surface area (Å²) in [7, 11) is 0. The molecule has 1 amide bonds. The van der Waals surface area contributed by atoms with Crippen molar-refractivity contribution in [1.82, 2.24) is 0 Å². The summed E-state index contributed by atoms with van der Waals surface area (Å²) in [5.41, 5.74) is 2.75. The lowest BCUT2D eigenvalue weighted by atomic mass is 10.1. The molecule has 0 saturated carbocycles. The number of anilines is 2. The zero-order chi connectivity index (χ0) is 13.8. The van der Waals surface area contributed by atoms with E-state index in [9.17, 15) is 13.6 Å². The second-order valence-corrected chi connectivity index (χ2v) is 3.75. The van der Waals surface area contributed by atoms with Crippen molar-refractivity contribution in [3.63, 3.8) is 0 Å². The van der Waals surface area contributed by atoms with Crippen molar-refractivity contribution in [3.05, 3.63) is 59.7 Å². The molecule has 2 aromatic carbocycles. The lowest BCUT2D eigenvalue weighted by molar-refractivity contribution is 0.102. The molecule has 0 unspecified atom stereocenters. The number of carbonyl (C=O) groups excluding carboxylic acids is 1. The zero-order valence-electron chi connectivity index (χ0n) is 9.78. The van der Waals surface area contributed by atoms with Gasteiger partial charge in [-0.2, -0.15) is 0 Å². The van der Waals surface area contributed by atoms with Crippen molar-refractivity contribution >= 4 is 17.3 Å². The molecule has 0 spiro atoms. The van der Waals surface area contributed by atoms with Gasteiger partial charge in [-0.1, -0.05) is 18.2 Å². The number of carbonyl (C=O) groups is 1. The maximum absolute atomic E-state index is 13.4. The van der Waals surface area contributed by atoms with E-state index in [-0.39, 0.29) is 11.3 Å². The predicted octanol–water partition coefficient (Wildman–Crippen LogP) is 2.50. The summed E-state index contributed by atoms with van der Waals surface area (Å²) in [4.78, 5) is 12.0. The minimum absolute atomic E-state index is 0.225. The molecule has 6 heteroatoms. The molecule has 0 aromatic heterocycles. The van der Waals surface area contributed by atoms with E-state index in [4.69, 9.17) is 5.84 Å². The number of hydrogen-bond donors (Lipinski definition) is 3. The Morgan fingerprint density at radius 2 is 1.68 bits per heavy atom. The van der Waals surface area contributed by atoms with Gasteiger partial charge < -0.3 is 10.7 Å². The van der Waals surface area contributed by atoms with Crippen molar-refractivity contribution in [1.29, 1.82) is 0 Å². The lowest BCUT2D eigenvalue weighted by Gasteiger charge is -2.10. The highest BCUT2D eigenvalue weighted by Gasteiger charge is 2.14. The van der Waals surface area contributed by atoms with Crippen LogP contribution in [0.4, 0.5) is 20.2 Å². The van der Waals surface area contributed by atoms with E-state index >= 15 is 0 Å². The highest BCUT2D eigenvalue weighted by Crippen LogP contribution is 2.19. The summed E-state index contributed by atoms with van der Waals surface area (Å²) in [6, 6.07) is 9.99. The molecule has 0 fully saturated rings. The first-order valence-electron chi connectivity index (χ1n) is 5.44. The van der Waals surface area contributed by atoms with Gasteiger partial charge in [0.25, 0.3) is 5.91 Å². The van der Waals surface area contributed by atoms with Crippen molar-refractivity contribution in [2.24, 2.45) is 5.84 Å². The third-order valence-electron chi connectivity index (χ3n) is 2.53. The molecule has 0 atom stereocenters. The molecule has 19 heavy (non-hydrogen) atoms. The minimum atomic E-state index is -1.10. The van der Waals surface area contributed by atoms with Crippen LogP contribution in [0.5, 0.6) is 0 Å². The van der Waals surface area contributed by atoms with Crippen molar-refractivity contribution in [2.45, 2.75) is 0 Å². The van der Waals surface area contributed by atoms with Crippen molar-refractivity contribution in [3.8, 4) is 0 Å². The number of nitrogen functional groups attached to an aromatic ring is 1. The molecule has 4 N–H and O–H groups in total. The van der Waals surface area contributed by atoms with Crippen LogP contribution in [0.3, 0.4) is 0 Å². The van der Waals surface area contributed by atoms with E-state index in [1.54, 1.807) is 18.2 Å². The summed E-state index contributed by atoms with van der Waals surface area (Å²) < 4.78 is 26.4. The average molecular weight is 263 g/mol. The summed E-state index contributed by atoms with van der Waals surface area (Å²) in [5, 5.41) is 2.29. The Morgan fingerprint density at radius 3 is 2.42 bits per heavy atom. The number of halogens is 2. The Hall–Kier alpha value is -2.47. The van der Waals surface area contributed by atoms with Gasteiger partial charge in [0.05, 0.1) is 16.9 Å². The van der Waals surface area contributed by atoms with Gasteiger partial charge in [-0.25, -0.2) is 8.78 Å². The van der Waals surface area contributed by atoms with E-state index < -0.39 is 17.5 Å². The highest BCUT2D eigenvalue weighted by atomic mass is 19.2. The molecule has 0 heterocycles. The summed E-state index contributed by atoms with van der Waals surface area (Å²) in [6.07, 6.45) is 0. The van der Waals surface area contributed by atoms with E-state index in [2.05, 4.69) is 10.7 Å². The molecule has 0 aliphatic heterocycles. The van der Waals surface area contributed by atoms with Crippen LogP contribution in [0, 0.1) is 11.6 Å². The second kappa shape index (κ2) is 5.45. The summed E-state index contributed by atoms with van der Waals surface area (Å²) in [5.74, 6) is 2.56. The maximum atomic E-state index is 13.4. The minimum Gasteiger partial charge on any atom is -0.323 e. The van der Waals surface area contributed by atoms with Gasteiger partial charge in [0, 0.05) is 0 Å². The number of para-hydroxylation sites is 1. The molecular weight excluding hydrogens is 252 g/mol. The quantitative estimate of drug-likeness (QED) is 0.588. The van der Waals surface area contributed by atoms with E-state index in [0.29, 0.717) is 5.69 Å². The summed E-state index contributed by atoms with van der Waals surface area (Å²) in [6.45, 7) is 0. The standard InChI is InChI=1S/C13H11F2N3O/c14-9-5-3-7-11(12(9)15)17-13(19)8-4-1-2-6-10(8)18-16/h1-7,18H,16H2,(H,17,19). The Balaban J connectivity index is 2.28. The number of benzene rings is 2. The fourth-order valence-electron chi connectivity index (χ4n) is 1.60. The smallest absolute Gasteiger partial charge is 0.257 e. The monoisotopic (exact) mass is 263 g/mol. The predicted molar refractivity (Wildman–Crippen MR) is 68.6 cm³/mol. The SMILES string of the molecule is NNc1ccccc1C(=O)Nc1cccc(F)c1F. The fourth-order valence-corrected chi connectivity index (χ4v) is 1.60. The second-order valence-electron chi connectivity index (χ2n) is 3.75. The molecule has 0 saturated heterocycles. The van der Waals surface area contributed by atoms with E-state index in [0.717, 1.165) is 6.07 Å². The molecule has 2 aromatic rings. The number of hydrogen-bond acceptors (Lipinski definition) is 3. The molecule has 0 radical (unpaired) electrons. The van der Waals surface area contributed by atoms with Crippen LogP contribution in [0.15, 0.2) is 42.5 Å². The van der Waals surface area contributed by atoms with E-state index in [1.807, 2.05) is 0 Å². The zero-order valence-corrected chi connectivity index (χ0v) is 9.78. The molecular formula is C13H11F2N3O. The topological polar surface area (TPSA) is 67.1 Å². The van der Waals surface area contributed by atoms with Gasteiger partial charge in [0.15, 0.2) is 11.6 Å². The van der Waals surface area contributed by atoms with Crippen LogP contribution in [-0.4, -0.2) is 5.91 Å². The van der Waals surface area contributed by atoms with E-state index in [1.165, 1.54) is 18.2 Å². The Morgan fingerprint density at radius 1 is 1.00 bits per heavy atom. The number of nitrogens with two attached hydrogens (primary N) is 1. The maximum Gasteiger partial charge on any atom is 0.257 e. The first-order chi connectivity index (χ1) is 9.13. The first-order valence-corrected chi connectivity index (χ1v) is 5.44. The van der Waals surface area contributed by atoms with Crippen molar-refractivity contribution < 1.29 is 13.6 Å². The fraction of sp³-hybridized carbons (Fsp3) is 0. The Bertz CT molecular complexity index is 617. The summed E-state index contributed by atoms with van der Waals surface area (Å²) >= 11 is 0. The Kier molecular flexibility index (Phi) is 3.72. The Labute approximate surface area is 108 Å². The lowest BCUT2D eigenvalue weighted by Crippen LogP contribution is -2.17.